The lowest BCUT2D eigenvalue weighted by atomic mass is 9.95. The third-order valence-corrected chi connectivity index (χ3v) is 3.68. The van der Waals surface area contributed by atoms with Crippen LogP contribution in [-0.2, 0) is 21.0 Å². The monoisotopic (exact) mass is 298 g/mol. The molecule has 0 aromatic carbocycles. The van der Waals surface area contributed by atoms with E-state index in [-0.39, 0.29) is 5.88 Å². The van der Waals surface area contributed by atoms with Crippen LogP contribution in [0.4, 0.5) is 0 Å². The molecule has 1 aliphatic heterocycles. The fraction of sp³-hybridized carbons (Fsp3) is 0.643. The minimum Gasteiger partial charge on any atom is -0.462 e. The Labute approximate surface area is 123 Å². The molecule has 6 heteroatoms. The van der Waals surface area contributed by atoms with Gasteiger partial charge < -0.3 is 9.47 Å². The molecule has 1 aromatic heterocycles. The van der Waals surface area contributed by atoms with Crippen molar-refractivity contribution in [2.45, 2.75) is 44.6 Å². The number of nitrogens with zero attached hydrogens (tertiary/aromatic N) is 2. The van der Waals surface area contributed by atoms with Crippen LogP contribution in [0.25, 0.3) is 0 Å². The Hall–Kier alpha value is -1.20. The van der Waals surface area contributed by atoms with Crippen molar-refractivity contribution in [3.05, 3.63) is 23.3 Å². The number of aromatic nitrogens is 2. The molecule has 0 spiro atoms. The first-order valence-electron chi connectivity index (χ1n) is 6.84. The maximum absolute atomic E-state index is 11.8. The Balaban J connectivity index is 2.31. The van der Waals surface area contributed by atoms with Gasteiger partial charge in [-0.25, -0.2) is 14.8 Å². The molecule has 5 nitrogen and oxygen atoms in total. The number of hydrogen-bond acceptors (Lipinski definition) is 5. The van der Waals surface area contributed by atoms with E-state index in [1.54, 1.807) is 6.92 Å². The molecule has 1 aromatic rings. The van der Waals surface area contributed by atoms with E-state index in [4.69, 9.17) is 21.1 Å². The SMILES string of the molecule is CCOC(=O)c1cnc(C2(C)CCCCO2)nc1CCl. The van der Waals surface area contributed by atoms with Crippen LogP contribution in [0.1, 0.15) is 55.0 Å². The van der Waals surface area contributed by atoms with Crippen LogP contribution in [0.3, 0.4) is 0 Å². The molecule has 1 atom stereocenters. The van der Waals surface area contributed by atoms with E-state index in [1.807, 2.05) is 6.92 Å². The summed E-state index contributed by atoms with van der Waals surface area (Å²) in [5, 5.41) is 0. The van der Waals surface area contributed by atoms with Gasteiger partial charge in [-0.3, -0.25) is 0 Å². The average molecular weight is 299 g/mol. The molecule has 1 aliphatic rings. The molecule has 2 rings (SSSR count). The van der Waals surface area contributed by atoms with Crippen molar-refractivity contribution in [2.24, 2.45) is 0 Å². The Bertz CT molecular complexity index is 487. The summed E-state index contributed by atoms with van der Waals surface area (Å²) in [7, 11) is 0. The summed E-state index contributed by atoms with van der Waals surface area (Å²) in [5.74, 6) is 0.282. The maximum Gasteiger partial charge on any atom is 0.341 e. The Kier molecular flexibility index (Phi) is 4.94. The van der Waals surface area contributed by atoms with E-state index in [9.17, 15) is 4.79 Å². The van der Waals surface area contributed by atoms with E-state index in [2.05, 4.69) is 9.97 Å². The van der Waals surface area contributed by atoms with Crippen LogP contribution >= 0.6 is 11.6 Å². The Morgan fingerprint density at radius 3 is 2.95 bits per heavy atom. The molecule has 1 saturated heterocycles. The molecule has 20 heavy (non-hydrogen) atoms. The van der Waals surface area contributed by atoms with Crippen molar-refractivity contribution in [3.63, 3.8) is 0 Å². The molecule has 0 aliphatic carbocycles. The van der Waals surface area contributed by atoms with E-state index in [1.165, 1.54) is 6.20 Å². The highest BCUT2D eigenvalue weighted by molar-refractivity contribution is 6.17. The summed E-state index contributed by atoms with van der Waals surface area (Å²) in [5.41, 5.74) is 0.322. The van der Waals surface area contributed by atoms with Gasteiger partial charge in [0, 0.05) is 12.8 Å². The van der Waals surface area contributed by atoms with Crippen LogP contribution < -0.4 is 0 Å². The smallest absolute Gasteiger partial charge is 0.341 e. The second-order valence-corrected chi connectivity index (χ2v) is 5.21. The van der Waals surface area contributed by atoms with Crippen molar-refractivity contribution < 1.29 is 14.3 Å². The Morgan fingerprint density at radius 2 is 2.35 bits per heavy atom. The normalized spacial score (nSPS) is 22.6. The lowest BCUT2D eigenvalue weighted by Gasteiger charge is -2.32. The molecule has 0 radical (unpaired) electrons. The predicted molar refractivity (Wildman–Crippen MR) is 74.7 cm³/mol. The van der Waals surface area contributed by atoms with Crippen LogP contribution in [-0.4, -0.2) is 29.2 Å². The molecular formula is C14H19ClN2O3. The molecule has 1 unspecified atom stereocenters. The number of halogens is 1. The van der Waals surface area contributed by atoms with Crippen molar-refractivity contribution >= 4 is 17.6 Å². The third kappa shape index (κ3) is 3.10. The number of ether oxygens (including phenoxy) is 2. The van der Waals surface area contributed by atoms with Gasteiger partial charge in [-0.1, -0.05) is 0 Å². The zero-order valence-corrected chi connectivity index (χ0v) is 12.6. The third-order valence-electron chi connectivity index (χ3n) is 3.43. The van der Waals surface area contributed by atoms with Gasteiger partial charge in [-0.05, 0) is 33.1 Å². The van der Waals surface area contributed by atoms with E-state index in [0.717, 1.165) is 19.3 Å². The zero-order valence-electron chi connectivity index (χ0n) is 11.8. The molecule has 0 bridgehead atoms. The first kappa shape index (κ1) is 15.2. The average Bonchev–Trinajstić information content (AvgIpc) is 2.47. The second-order valence-electron chi connectivity index (χ2n) is 4.94. The molecule has 1 fully saturated rings. The minimum atomic E-state index is -0.494. The highest BCUT2D eigenvalue weighted by Crippen LogP contribution is 2.32. The number of carbonyl (C=O) groups excluding carboxylic acids is 1. The van der Waals surface area contributed by atoms with Crippen molar-refractivity contribution in [1.82, 2.24) is 9.97 Å². The summed E-state index contributed by atoms with van der Waals surface area (Å²) in [6, 6.07) is 0. The summed E-state index contributed by atoms with van der Waals surface area (Å²) >= 11 is 5.89. The van der Waals surface area contributed by atoms with Gasteiger partial charge in [0.05, 0.1) is 18.2 Å². The molecule has 2 heterocycles. The number of hydrogen-bond donors (Lipinski definition) is 0. The van der Waals surface area contributed by atoms with Gasteiger partial charge in [0.1, 0.15) is 11.2 Å². The van der Waals surface area contributed by atoms with Crippen molar-refractivity contribution in [2.75, 3.05) is 13.2 Å². The lowest BCUT2D eigenvalue weighted by Crippen LogP contribution is -2.33. The summed E-state index contributed by atoms with van der Waals surface area (Å²) in [6.45, 7) is 4.74. The van der Waals surface area contributed by atoms with Gasteiger partial charge in [-0.2, -0.15) is 0 Å². The van der Waals surface area contributed by atoms with Gasteiger partial charge in [0.15, 0.2) is 5.82 Å². The Morgan fingerprint density at radius 1 is 1.55 bits per heavy atom. The fourth-order valence-corrected chi connectivity index (χ4v) is 2.47. The highest BCUT2D eigenvalue weighted by Gasteiger charge is 2.33. The highest BCUT2D eigenvalue weighted by atomic mass is 35.5. The summed E-state index contributed by atoms with van der Waals surface area (Å²) in [4.78, 5) is 20.5. The second kappa shape index (κ2) is 6.50. The number of carbonyl (C=O) groups is 1. The van der Waals surface area contributed by atoms with Crippen LogP contribution in [0.2, 0.25) is 0 Å². The minimum absolute atomic E-state index is 0.139. The van der Waals surface area contributed by atoms with Crippen molar-refractivity contribution in [3.8, 4) is 0 Å². The van der Waals surface area contributed by atoms with Crippen molar-refractivity contribution in [1.29, 1.82) is 0 Å². The number of esters is 1. The van der Waals surface area contributed by atoms with Crippen LogP contribution in [0, 0.1) is 0 Å². The van der Waals surface area contributed by atoms with Crippen LogP contribution in [0.15, 0.2) is 6.20 Å². The molecule has 0 saturated carbocycles. The maximum atomic E-state index is 11.8. The van der Waals surface area contributed by atoms with E-state index < -0.39 is 11.6 Å². The molecule has 0 N–H and O–H groups in total. The van der Waals surface area contributed by atoms with Gasteiger partial charge in [0.2, 0.25) is 0 Å². The van der Waals surface area contributed by atoms with Crippen LogP contribution in [0.5, 0.6) is 0 Å². The number of alkyl halides is 1. The van der Waals surface area contributed by atoms with E-state index >= 15 is 0 Å². The fourth-order valence-electron chi connectivity index (χ4n) is 2.26. The van der Waals surface area contributed by atoms with E-state index in [0.29, 0.717) is 30.3 Å². The summed E-state index contributed by atoms with van der Waals surface area (Å²) < 4.78 is 10.8. The first-order valence-corrected chi connectivity index (χ1v) is 7.37. The molecular weight excluding hydrogens is 280 g/mol. The van der Waals surface area contributed by atoms with Gasteiger partial charge >= 0.3 is 5.97 Å². The summed E-state index contributed by atoms with van der Waals surface area (Å²) in [6.07, 6.45) is 4.49. The predicted octanol–water partition coefficient (Wildman–Crippen LogP) is 2.81. The largest absolute Gasteiger partial charge is 0.462 e. The molecule has 110 valence electrons. The van der Waals surface area contributed by atoms with Gasteiger partial charge in [0.25, 0.3) is 0 Å². The number of rotatable bonds is 4. The standard InChI is InChI=1S/C14H19ClN2O3/c1-3-19-12(18)10-9-16-13(17-11(10)8-15)14(2)6-4-5-7-20-14/h9H,3-8H2,1-2H3. The lowest BCUT2D eigenvalue weighted by molar-refractivity contribution is -0.0762. The first-order chi connectivity index (χ1) is 9.60. The topological polar surface area (TPSA) is 61.3 Å². The van der Waals surface area contributed by atoms with Gasteiger partial charge in [-0.15, -0.1) is 11.6 Å². The molecule has 0 amide bonds. The zero-order chi connectivity index (χ0) is 14.6. The quantitative estimate of drug-likeness (QED) is 0.632.